The largest absolute Gasteiger partial charge is 0.454 e. The van der Waals surface area contributed by atoms with Gasteiger partial charge in [0.1, 0.15) is 12.4 Å². The van der Waals surface area contributed by atoms with Crippen LogP contribution >= 0.6 is 0 Å². The number of nitrogens with zero attached hydrogens (tertiary/aromatic N) is 2. The molecule has 148 valence electrons. The first-order valence-electron chi connectivity index (χ1n) is 9.67. The highest BCUT2D eigenvalue weighted by Gasteiger charge is 2.18. The summed E-state index contributed by atoms with van der Waals surface area (Å²) in [6.07, 6.45) is 3.29. The first kappa shape index (κ1) is 20.3. The molecule has 29 heavy (non-hydrogen) atoms. The molecule has 0 bridgehead atoms. The zero-order chi connectivity index (χ0) is 20.6. The van der Waals surface area contributed by atoms with Crippen molar-refractivity contribution in [3.63, 3.8) is 0 Å². The Morgan fingerprint density at radius 1 is 1.07 bits per heavy atom. The van der Waals surface area contributed by atoms with E-state index in [0.717, 1.165) is 22.8 Å². The summed E-state index contributed by atoms with van der Waals surface area (Å²) in [7, 11) is 0. The van der Waals surface area contributed by atoms with Crippen LogP contribution in [0.2, 0.25) is 0 Å². The molecule has 0 amide bonds. The number of allylic oxidation sites excluding steroid dienone is 1. The van der Waals surface area contributed by atoms with Crippen molar-refractivity contribution in [2.45, 2.75) is 32.9 Å². The molecule has 1 aromatic heterocycles. The lowest BCUT2D eigenvalue weighted by atomic mass is 10.1. The van der Waals surface area contributed by atoms with E-state index >= 15 is 0 Å². The number of rotatable bonds is 9. The number of hydrogen-bond acceptors (Lipinski definition) is 3. The molecule has 0 fully saturated rings. The zero-order valence-corrected chi connectivity index (χ0v) is 16.8. The van der Waals surface area contributed by atoms with Crippen molar-refractivity contribution in [2.75, 3.05) is 0 Å². The number of carbonyl (C=O) groups excluding carboxylic acids is 1. The Bertz CT molecular complexity index is 988. The predicted octanol–water partition coefficient (Wildman–Crippen LogP) is 4.87. The molecule has 0 spiro atoms. The molecule has 0 atom stereocenters. The third kappa shape index (κ3) is 5.32. The van der Waals surface area contributed by atoms with Crippen LogP contribution in [0.5, 0.6) is 0 Å². The van der Waals surface area contributed by atoms with Crippen LogP contribution in [-0.4, -0.2) is 15.5 Å². The molecule has 0 saturated heterocycles. The Hall–Kier alpha value is -3.40. The van der Waals surface area contributed by atoms with Gasteiger partial charge < -0.3 is 9.30 Å². The second-order valence-corrected chi connectivity index (χ2v) is 7.00. The van der Waals surface area contributed by atoms with Gasteiger partial charge in [0.2, 0.25) is 0 Å². The molecule has 0 N–H and O–H groups in total. The highest BCUT2D eigenvalue weighted by molar-refractivity contribution is 5.86. The Morgan fingerprint density at radius 3 is 2.28 bits per heavy atom. The first-order valence-corrected chi connectivity index (χ1v) is 9.67. The van der Waals surface area contributed by atoms with Crippen molar-refractivity contribution >= 4 is 5.97 Å². The summed E-state index contributed by atoms with van der Waals surface area (Å²) in [5, 5.41) is 0. The summed E-state index contributed by atoms with van der Waals surface area (Å²) in [5.74, 6) is 0.320. The summed E-state index contributed by atoms with van der Waals surface area (Å²) in [6.45, 7) is 9.98. The van der Waals surface area contributed by atoms with Crippen molar-refractivity contribution in [3.05, 3.63) is 114 Å². The van der Waals surface area contributed by atoms with Gasteiger partial charge in [0.25, 0.3) is 0 Å². The first-order chi connectivity index (χ1) is 14.1. The maximum Gasteiger partial charge on any atom is 0.333 e. The highest BCUT2D eigenvalue weighted by Crippen LogP contribution is 2.20. The molecule has 4 heteroatoms. The average Bonchev–Trinajstić information content (AvgIpc) is 3.04. The minimum atomic E-state index is -0.408. The molecule has 1 heterocycles. The average molecular weight is 386 g/mol. The van der Waals surface area contributed by atoms with Gasteiger partial charge in [0, 0.05) is 30.7 Å². The van der Waals surface area contributed by atoms with Gasteiger partial charge in [0.05, 0.1) is 5.69 Å². The van der Waals surface area contributed by atoms with E-state index in [2.05, 4.69) is 42.0 Å². The van der Waals surface area contributed by atoms with E-state index in [1.54, 1.807) is 6.92 Å². The Balaban J connectivity index is 1.98. The number of hydrogen-bond donors (Lipinski definition) is 0. The maximum absolute atomic E-state index is 11.9. The molecular formula is C25H26N2O2. The second-order valence-electron chi connectivity index (χ2n) is 7.00. The van der Waals surface area contributed by atoms with E-state index < -0.39 is 5.97 Å². The normalized spacial score (nSPS) is 10.5. The number of esters is 1. The molecule has 0 aliphatic rings. The standard InChI is InChI=1S/C25H26N2O2/c1-4-11-23-22(16-20-12-7-5-8-13-20)26-24(18-29-25(28)19(2)3)27(23)17-21-14-9-6-10-15-21/h4-10,12-15H,1-2,11,16-18H2,3H3. The van der Waals surface area contributed by atoms with E-state index in [-0.39, 0.29) is 6.61 Å². The third-order valence-corrected chi connectivity index (χ3v) is 4.65. The van der Waals surface area contributed by atoms with Gasteiger partial charge >= 0.3 is 5.97 Å². The van der Waals surface area contributed by atoms with Gasteiger partial charge in [-0.15, -0.1) is 6.58 Å². The minimum Gasteiger partial charge on any atom is -0.454 e. The summed E-state index contributed by atoms with van der Waals surface area (Å²) >= 11 is 0. The predicted molar refractivity (Wildman–Crippen MR) is 116 cm³/mol. The fraction of sp³-hybridized carbons (Fsp3) is 0.200. The summed E-state index contributed by atoms with van der Waals surface area (Å²) in [5.41, 5.74) is 4.80. The fourth-order valence-electron chi connectivity index (χ4n) is 3.20. The van der Waals surface area contributed by atoms with Crippen LogP contribution in [0.4, 0.5) is 0 Å². The molecule has 0 aliphatic heterocycles. The quantitative estimate of drug-likeness (QED) is 0.299. The zero-order valence-electron chi connectivity index (χ0n) is 16.8. The Labute approximate surface area is 172 Å². The van der Waals surface area contributed by atoms with Gasteiger partial charge in [-0.2, -0.15) is 0 Å². The van der Waals surface area contributed by atoms with Crippen molar-refractivity contribution in [2.24, 2.45) is 0 Å². The number of aromatic nitrogens is 2. The number of carbonyl (C=O) groups is 1. The van der Waals surface area contributed by atoms with Gasteiger partial charge in [-0.1, -0.05) is 73.3 Å². The van der Waals surface area contributed by atoms with E-state index in [4.69, 9.17) is 9.72 Å². The van der Waals surface area contributed by atoms with Crippen LogP contribution in [0.3, 0.4) is 0 Å². The van der Waals surface area contributed by atoms with Crippen molar-refractivity contribution in [3.8, 4) is 0 Å². The van der Waals surface area contributed by atoms with Crippen LogP contribution in [0.15, 0.2) is 85.5 Å². The lowest BCUT2D eigenvalue weighted by Gasteiger charge is -2.12. The molecule has 0 radical (unpaired) electrons. The molecule has 3 rings (SSSR count). The minimum absolute atomic E-state index is 0.109. The van der Waals surface area contributed by atoms with Crippen molar-refractivity contribution in [1.29, 1.82) is 0 Å². The van der Waals surface area contributed by atoms with Crippen LogP contribution in [0, 0.1) is 0 Å². The summed E-state index contributed by atoms with van der Waals surface area (Å²) < 4.78 is 7.56. The summed E-state index contributed by atoms with van der Waals surface area (Å²) in [4.78, 5) is 16.8. The lowest BCUT2D eigenvalue weighted by Crippen LogP contribution is -2.12. The van der Waals surface area contributed by atoms with E-state index in [9.17, 15) is 4.79 Å². The Morgan fingerprint density at radius 2 is 1.69 bits per heavy atom. The van der Waals surface area contributed by atoms with Crippen LogP contribution in [0.25, 0.3) is 0 Å². The molecule has 0 unspecified atom stereocenters. The molecule has 0 saturated carbocycles. The topological polar surface area (TPSA) is 44.1 Å². The summed E-state index contributed by atoms with van der Waals surface area (Å²) in [6, 6.07) is 20.4. The van der Waals surface area contributed by atoms with Crippen LogP contribution in [0.1, 0.15) is 35.3 Å². The van der Waals surface area contributed by atoms with Gasteiger partial charge in [-0.3, -0.25) is 0 Å². The molecule has 0 aliphatic carbocycles. The van der Waals surface area contributed by atoms with Crippen molar-refractivity contribution in [1.82, 2.24) is 9.55 Å². The van der Waals surface area contributed by atoms with Gasteiger partial charge in [0.15, 0.2) is 0 Å². The van der Waals surface area contributed by atoms with Gasteiger partial charge in [-0.05, 0) is 18.1 Å². The maximum atomic E-state index is 11.9. The van der Waals surface area contributed by atoms with E-state index in [1.807, 2.05) is 42.5 Å². The molecule has 2 aromatic carbocycles. The number of imidazole rings is 1. The SMILES string of the molecule is C=CCc1c(Cc2ccccc2)nc(COC(=O)C(=C)C)n1Cc1ccccc1. The smallest absolute Gasteiger partial charge is 0.333 e. The highest BCUT2D eigenvalue weighted by atomic mass is 16.5. The van der Waals surface area contributed by atoms with Crippen LogP contribution < -0.4 is 0 Å². The molecular weight excluding hydrogens is 360 g/mol. The van der Waals surface area contributed by atoms with E-state index in [0.29, 0.717) is 25.0 Å². The Kier molecular flexibility index (Phi) is 6.80. The van der Waals surface area contributed by atoms with Crippen LogP contribution in [-0.2, 0) is 35.5 Å². The molecule has 4 nitrogen and oxygen atoms in total. The monoisotopic (exact) mass is 386 g/mol. The molecule has 3 aromatic rings. The second kappa shape index (κ2) is 9.69. The van der Waals surface area contributed by atoms with Gasteiger partial charge in [-0.25, -0.2) is 9.78 Å². The third-order valence-electron chi connectivity index (χ3n) is 4.65. The number of ether oxygens (including phenoxy) is 1. The lowest BCUT2D eigenvalue weighted by molar-refractivity contribution is -0.140. The number of benzene rings is 2. The van der Waals surface area contributed by atoms with Crippen molar-refractivity contribution < 1.29 is 9.53 Å². The fourth-order valence-corrected chi connectivity index (χ4v) is 3.20. The van der Waals surface area contributed by atoms with E-state index in [1.165, 1.54) is 5.56 Å².